The maximum absolute atomic E-state index is 6.31. The van der Waals surface area contributed by atoms with E-state index >= 15 is 0 Å². The van der Waals surface area contributed by atoms with E-state index in [4.69, 9.17) is 9.47 Å². The van der Waals surface area contributed by atoms with Crippen molar-refractivity contribution < 1.29 is 9.47 Å². The van der Waals surface area contributed by atoms with Crippen molar-refractivity contribution in [3.63, 3.8) is 0 Å². The van der Waals surface area contributed by atoms with Gasteiger partial charge in [0.15, 0.2) is 0 Å². The molecule has 2 aromatic rings. The summed E-state index contributed by atoms with van der Waals surface area (Å²) in [6, 6.07) is 4.39. The standard InChI is InChI=1S/C20H28N2O2S2/c1-16-21-18(15-26-16)14-23-10-4-17-5-11-24-20(17)6-8-22(9-7-20)13-19-3-2-12-25-19/h2-3,12,15,17H,4-11,13-14H2,1H3. The topological polar surface area (TPSA) is 34.6 Å². The summed E-state index contributed by atoms with van der Waals surface area (Å²) in [4.78, 5) is 8.51. The summed E-state index contributed by atoms with van der Waals surface area (Å²) in [5.74, 6) is 0.642. The van der Waals surface area contributed by atoms with Gasteiger partial charge in [0.2, 0.25) is 0 Å². The normalized spacial score (nSPS) is 23.0. The number of ether oxygens (including phenoxy) is 2. The Morgan fingerprint density at radius 2 is 2.23 bits per heavy atom. The molecular formula is C20H28N2O2S2. The number of aromatic nitrogens is 1. The molecule has 2 aliphatic heterocycles. The first-order valence-electron chi connectivity index (χ1n) is 9.61. The first-order chi connectivity index (χ1) is 12.7. The van der Waals surface area contributed by atoms with Crippen LogP contribution >= 0.6 is 22.7 Å². The van der Waals surface area contributed by atoms with Crippen LogP contribution in [0.3, 0.4) is 0 Å². The van der Waals surface area contributed by atoms with Gasteiger partial charge in [-0.2, -0.15) is 0 Å². The van der Waals surface area contributed by atoms with E-state index in [0.717, 1.165) is 62.8 Å². The van der Waals surface area contributed by atoms with E-state index in [1.807, 2.05) is 18.3 Å². The van der Waals surface area contributed by atoms with Crippen LogP contribution < -0.4 is 0 Å². The van der Waals surface area contributed by atoms with Crippen LogP contribution in [0.1, 0.15) is 41.3 Å². The zero-order valence-electron chi connectivity index (χ0n) is 15.5. The average Bonchev–Trinajstić information content (AvgIpc) is 3.37. The molecule has 2 fully saturated rings. The van der Waals surface area contributed by atoms with Gasteiger partial charge >= 0.3 is 0 Å². The van der Waals surface area contributed by atoms with Crippen molar-refractivity contribution in [3.05, 3.63) is 38.5 Å². The fourth-order valence-electron chi connectivity index (χ4n) is 4.33. The third-order valence-corrected chi connectivity index (χ3v) is 7.47. The summed E-state index contributed by atoms with van der Waals surface area (Å²) in [6.45, 7) is 7.79. The zero-order valence-corrected chi connectivity index (χ0v) is 17.1. The Kier molecular flexibility index (Phi) is 6.06. The molecule has 1 unspecified atom stereocenters. The Morgan fingerprint density at radius 3 is 2.96 bits per heavy atom. The van der Waals surface area contributed by atoms with Crippen LogP contribution in [0.2, 0.25) is 0 Å². The highest BCUT2D eigenvalue weighted by Gasteiger charge is 2.45. The lowest BCUT2D eigenvalue weighted by Crippen LogP contribution is -2.47. The van der Waals surface area contributed by atoms with Gasteiger partial charge in [-0.3, -0.25) is 4.90 Å². The van der Waals surface area contributed by atoms with Gasteiger partial charge in [-0.15, -0.1) is 22.7 Å². The fraction of sp³-hybridized carbons (Fsp3) is 0.650. The molecule has 0 bridgehead atoms. The molecule has 26 heavy (non-hydrogen) atoms. The molecule has 2 aliphatic rings. The molecule has 0 amide bonds. The second-order valence-corrected chi connectivity index (χ2v) is 9.55. The smallest absolute Gasteiger partial charge is 0.0898 e. The molecule has 4 nitrogen and oxygen atoms in total. The third kappa shape index (κ3) is 4.37. The lowest BCUT2D eigenvalue weighted by Gasteiger charge is -2.42. The molecule has 2 aromatic heterocycles. The Hall–Kier alpha value is -0.790. The first kappa shape index (κ1) is 18.6. The molecule has 2 saturated heterocycles. The van der Waals surface area contributed by atoms with E-state index in [0.29, 0.717) is 12.5 Å². The van der Waals surface area contributed by atoms with Crippen molar-refractivity contribution in [2.75, 3.05) is 26.3 Å². The maximum atomic E-state index is 6.31. The van der Waals surface area contributed by atoms with Crippen molar-refractivity contribution in [1.82, 2.24) is 9.88 Å². The van der Waals surface area contributed by atoms with Gasteiger partial charge < -0.3 is 9.47 Å². The number of aryl methyl sites for hydroxylation is 1. The molecule has 0 aliphatic carbocycles. The van der Waals surface area contributed by atoms with Gasteiger partial charge in [-0.25, -0.2) is 4.98 Å². The number of thiophene rings is 1. The highest BCUT2D eigenvalue weighted by molar-refractivity contribution is 7.10. The van der Waals surface area contributed by atoms with E-state index in [-0.39, 0.29) is 5.60 Å². The number of likely N-dealkylation sites (tertiary alicyclic amines) is 1. The monoisotopic (exact) mass is 392 g/mol. The number of hydrogen-bond donors (Lipinski definition) is 0. The Bertz CT molecular complexity index is 678. The molecule has 0 aromatic carbocycles. The minimum Gasteiger partial charge on any atom is -0.375 e. The maximum Gasteiger partial charge on any atom is 0.0898 e. The van der Waals surface area contributed by atoms with Gasteiger partial charge in [0.1, 0.15) is 0 Å². The Labute approximate surface area is 164 Å². The van der Waals surface area contributed by atoms with Crippen molar-refractivity contribution >= 4 is 22.7 Å². The molecule has 1 atom stereocenters. The highest BCUT2D eigenvalue weighted by atomic mass is 32.1. The van der Waals surface area contributed by atoms with Gasteiger partial charge in [0.25, 0.3) is 0 Å². The van der Waals surface area contributed by atoms with Crippen LogP contribution in [0.5, 0.6) is 0 Å². The first-order valence-corrected chi connectivity index (χ1v) is 11.4. The molecule has 142 valence electrons. The average molecular weight is 393 g/mol. The molecule has 4 heterocycles. The van der Waals surface area contributed by atoms with Crippen LogP contribution in [0.25, 0.3) is 0 Å². The predicted molar refractivity (Wildman–Crippen MR) is 107 cm³/mol. The quantitative estimate of drug-likeness (QED) is 0.650. The molecule has 0 N–H and O–H groups in total. The Balaban J connectivity index is 1.23. The summed E-state index contributed by atoms with van der Waals surface area (Å²) < 4.78 is 12.2. The largest absolute Gasteiger partial charge is 0.375 e. The lowest BCUT2D eigenvalue weighted by molar-refractivity contribution is -0.0732. The Morgan fingerprint density at radius 1 is 1.35 bits per heavy atom. The summed E-state index contributed by atoms with van der Waals surface area (Å²) in [5, 5.41) is 5.38. The minimum absolute atomic E-state index is 0.104. The number of nitrogens with zero attached hydrogens (tertiary/aromatic N) is 2. The SMILES string of the molecule is Cc1nc(COCCC2CCOC23CCN(Cc2cccs2)CC3)cs1. The van der Waals surface area contributed by atoms with Gasteiger partial charge in [0, 0.05) is 43.1 Å². The summed E-state index contributed by atoms with van der Waals surface area (Å²) in [6.07, 6.45) is 4.61. The number of rotatable bonds is 7. The third-order valence-electron chi connectivity index (χ3n) is 5.79. The van der Waals surface area contributed by atoms with Crippen LogP contribution in [0, 0.1) is 12.8 Å². The minimum atomic E-state index is 0.104. The van der Waals surface area contributed by atoms with Crippen molar-refractivity contribution in [2.45, 2.75) is 51.4 Å². The van der Waals surface area contributed by atoms with Crippen molar-refractivity contribution in [3.8, 4) is 0 Å². The van der Waals surface area contributed by atoms with Gasteiger partial charge in [-0.05, 0) is 50.0 Å². The molecule has 0 saturated carbocycles. The van der Waals surface area contributed by atoms with E-state index in [9.17, 15) is 0 Å². The van der Waals surface area contributed by atoms with E-state index in [1.165, 1.54) is 11.3 Å². The van der Waals surface area contributed by atoms with Gasteiger partial charge in [0.05, 0.1) is 22.9 Å². The molecule has 6 heteroatoms. The van der Waals surface area contributed by atoms with Crippen molar-refractivity contribution in [1.29, 1.82) is 0 Å². The zero-order chi connectivity index (χ0) is 17.8. The second kappa shape index (κ2) is 8.48. The van der Waals surface area contributed by atoms with E-state index in [1.54, 1.807) is 11.3 Å². The second-order valence-electron chi connectivity index (χ2n) is 7.45. The molecule has 1 spiro atoms. The molecule has 4 rings (SSSR count). The van der Waals surface area contributed by atoms with Gasteiger partial charge in [-0.1, -0.05) is 6.07 Å². The highest BCUT2D eigenvalue weighted by Crippen LogP contribution is 2.42. The number of hydrogen-bond acceptors (Lipinski definition) is 6. The summed E-state index contributed by atoms with van der Waals surface area (Å²) >= 11 is 3.55. The number of thiazole rings is 1. The van der Waals surface area contributed by atoms with Crippen LogP contribution in [-0.4, -0.2) is 41.8 Å². The van der Waals surface area contributed by atoms with Crippen LogP contribution in [0.15, 0.2) is 22.9 Å². The van der Waals surface area contributed by atoms with E-state index in [2.05, 4.69) is 32.8 Å². The fourth-order valence-corrected chi connectivity index (χ4v) is 5.68. The molecule has 0 radical (unpaired) electrons. The predicted octanol–water partition coefficient (Wildman–Crippen LogP) is 4.49. The number of piperidine rings is 1. The summed E-state index contributed by atoms with van der Waals surface area (Å²) in [5.41, 5.74) is 1.17. The molecular weight excluding hydrogens is 364 g/mol. The lowest BCUT2D eigenvalue weighted by atomic mass is 9.78. The van der Waals surface area contributed by atoms with E-state index < -0.39 is 0 Å². The summed E-state index contributed by atoms with van der Waals surface area (Å²) in [7, 11) is 0. The van der Waals surface area contributed by atoms with Crippen molar-refractivity contribution in [2.24, 2.45) is 5.92 Å². The van der Waals surface area contributed by atoms with Crippen LogP contribution in [-0.2, 0) is 22.6 Å². The van der Waals surface area contributed by atoms with Crippen LogP contribution in [0.4, 0.5) is 0 Å².